The second-order valence-corrected chi connectivity index (χ2v) is 3.44. The SMILES string of the molecule is CCN(CCCC(=O)OC)CCC(=O)OC. The lowest BCUT2D eigenvalue weighted by atomic mass is 10.2. The summed E-state index contributed by atoms with van der Waals surface area (Å²) in [4.78, 5) is 23.9. The molecular formula is C11H21NO4. The standard InChI is InChI=1S/C11H21NO4/c1-4-12(9-7-11(14)16-3)8-5-6-10(13)15-2/h4-9H2,1-3H3. The van der Waals surface area contributed by atoms with Gasteiger partial charge in [-0.25, -0.2) is 0 Å². The van der Waals surface area contributed by atoms with E-state index in [1.807, 2.05) is 6.92 Å². The Morgan fingerprint density at radius 2 is 1.56 bits per heavy atom. The molecule has 0 aliphatic heterocycles. The van der Waals surface area contributed by atoms with Gasteiger partial charge < -0.3 is 14.4 Å². The highest BCUT2D eigenvalue weighted by Crippen LogP contribution is 1.99. The fourth-order valence-electron chi connectivity index (χ4n) is 1.33. The zero-order chi connectivity index (χ0) is 12.4. The van der Waals surface area contributed by atoms with Crippen molar-refractivity contribution in [3.05, 3.63) is 0 Å². The van der Waals surface area contributed by atoms with Gasteiger partial charge in [0.05, 0.1) is 20.6 Å². The molecule has 0 fully saturated rings. The van der Waals surface area contributed by atoms with Gasteiger partial charge in [0.15, 0.2) is 0 Å². The molecule has 0 saturated carbocycles. The predicted octanol–water partition coefficient (Wildman–Crippen LogP) is 0.825. The first-order valence-electron chi connectivity index (χ1n) is 5.50. The smallest absolute Gasteiger partial charge is 0.306 e. The van der Waals surface area contributed by atoms with Crippen LogP contribution in [0.15, 0.2) is 0 Å². The van der Waals surface area contributed by atoms with E-state index < -0.39 is 0 Å². The summed E-state index contributed by atoms with van der Waals surface area (Å²) in [6.07, 6.45) is 1.56. The highest BCUT2D eigenvalue weighted by atomic mass is 16.5. The average Bonchev–Trinajstić information content (AvgIpc) is 2.32. The summed E-state index contributed by atoms with van der Waals surface area (Å²) in [7, 11) is 2.77. The average molecular weight is 231 g/mol. The quantitative estimate of drug-likeness (QED) is 0.579. The minimum absolute atomic E-state index is 0.191. The molecule has 0 bridgehead atoms. The van der Waals surface area contributed by atoms with Gasteiger partial charge in [0.1, 0.15) is 0 Å². The van der Waals surface area contributed by atoms with E-state index >= 15 is 0 Å². The molecule has 5 nitrogen and oxygen atoms in total. The van der Waals surface area contributed by atoms with E-state index in [9.17, 15) is 9.59 Å². The Hall–Kier alpha value is -1.10. The minimum Gasteiger partial charge on any atom is -0.469 e. The summed E-state index contributed by atoms with van der Waals surface area (Å²) in [6.45, 7) is 4.35. The molecule has 0 aromatic heterocycles. The number of nitrogens with zero attached hydrogens (tertiary/aromatic N) is 1. The second-order valence-electron chi connectivity index (χ2n) is 3.44. The first-order chi connectivity index (χ1) is 7.63. The number of ether oxygens (including phenoxy) is 2. The summed E-state index contributed by atoms with van der Waals surface area (Å²) < 4.78 is 9.12. The summed E-state index contributed by atoms with van der Waals surface area (Å²) in [5.41, 5.74) is 0. The Kier molecular flexibility index (Phi) is 8.52. The summed E-state index contributed by atoms with van der Waals surface area (Å²) >= 11 is 0. The monoisotopic (exact) mass is 231 g/mol. The predicted molar refractivity (Wildman–Crippen MR) is 60.0 cm³/mol. The first-order valence-corrected chi connectivity index (χ1v) is 5.50. The lowest BCUT2D eigenvalue weighted by molar-refractivity contribution is -0.142. The van der Waals surface area contributed by atoms with Crippen molar-refractivity contribution in [2.45, 2.75) is 26.2 Å². The maximum Gasteiger partial charge on any atom is 0.306 e. The van der Waals surface area contributed by atoms with E-state index in [1.165, 1.54) is 14.2 Å². The Labute approximate surface area is 96.7 Å². The Morgan fingerprint density at radius 3 is 2.06 bits per heavy atom. The van der Waals surface area contributed by atoms with Gasteiger partial charge in [0.2, 0.25) is 0 Å². The molecule has 0 radical (unpaired) electrons. The maximum absolute atomic E-state index is 10.9. The molecule has 0 N–H and O–H groups in total. The van der Waals surface area contributed by atoms with Gasteiger partial charge in [-0.2, -0.15) is 0 Å². The zero-order valence-electron chi connectivity index (χ0n) is 10.3. The molecule has 0 aromatic carbocycles. The van der Waals surface area contributed by atoms with Crippen LogP contribution in [0.4, 0.5) is 0 Å². The van der Waals surface area contributed by atoms with Crippen LogP contribution in [0.2, 0.25) is 0 Å². The molecule has 0 atom stereocenters. The van der Waals surface area contributed by atoms with Gasteiger partial charge in [0.25, 0.3) is 0 Å². The minimum atomic E-state index is -0.202. The molecule has 94 valence electrons. The fraction of sp³-hybridized carbons (Fsp3) is 0.818. The van der Waals surface area contributed by atoms with E-state index in [4.69, 9.17) is 0 Å². The van der Waals surface area contributed by atoms with Gasteiger partial charge in [-0.05, 0) is 19.5 Å². The molecule has 0 saturated heterocycles. The first kappa shape index (κ1) is 14.9. The third-order valence-corrected chi connectivity index (χ3v) is 2.39. The molecule has 0 rings (SSSR count). The van der Waals surface area contributed by atoms with E-state index in [0.29, 0.717) is 19.4 Å². The van der Waals surface area contributed by atoms with Crippen molar-refractivity contribution in [2.75, 3.05) is 33.9 Å². The summed E-state index contributed by atoms with van der Waals surface area (Å²) in [5.74, 6) is -0.393. The number of hydrogen-bond donors (Lipinski definition) is 0. The molecule has 0 aliphatic carbocycles. The normalized spacial score (nSPS) is 10.2. The van der Waals surface area contributed by atoms with E-state index in [1.54, 1.807) is 0 Å². The lowest BCUT2D eigenvalue weighted by Crippen LogP contribution is -2.28. The molecule has 0 unspecified atom stereocenters. The van der Waals surface area contributed by atoms with Crippen molar-refractivity contribution >= 4 is 11.9 Å². The van der Waals surface area contributed by atoms with Crippen LogP contribution in [-0.2, 0) is 19.1 Å². The van der Waals surface area contributed by atoms with Crippen LogP contribution in [0, 0.1) is 0 Å². The van der Waals surface area contributed by atoms with Gasteiger partial charge in [0, 0.05) is 13.0 Å². The Balaban J connectivity index is 3.66. The van der Waals surface area contributed by atoms with Crippen LogP contribution >= 0.6 is 0 Å². The van der Waals surface area contributed by atoms with Crippen LogP contribution in [0.25, 0.3) is 0 Å². The van der Waals surface area contributed by atoms with Crippen LogP contribution in [-0.4, -0.2) is 50.7 Å². The van der Waals surface area contributed by atoms with Gasteiger partial charge in [-0.3, -0.25) is 9.59 Å². The summed E-state index contributed by atoms with van der Waals surface area (Å²) in [5, 5.41) is 0. The highest BCUT2D eigenvalue weighted by molar-refractivity contribution is 5.69. The topological polar surface area (TPSA) is 55.8 Å². The number of carbonyl (C=O) groups is 2. The van der Waals surface area contributed by atoms with E-state index in [0.717, 1.165) is 19.5 Å². The van der Waals surface area contributed by atoms with Gasteiger partial charge in [-0.15, -0.1) is 0 Å². The Morgan fingerprint density at radius 1 is 1.00 bits per heavy atom. The van der Waals surface area contributed by atoms with Crippen molar-refractivity contribution < 1.29 is 19.1 Å². The molecule has 0 spiro atoms. The zero-order valence-corrected chi connectivity index (χ0v) is 10.3. The lowest BCUT2D eigenvalue weighted by Gasteiger charge is -2.19. The third kappa shape index (κ3) is 7.23. The molecule has 16 heavy (non-hydrogen) atoms. The second kappa shape index (κ2) is 9.15. The van der Waals surface area contributed by atoms with Crippen LogP contribution in [0.3, 0.4) is 0 Å². The molecule has 0 aliphatic rings. The van der Waals surface area contributed by atoms with E-state index in [-0.39, 0.29) is 11.9 Å². The van der Waals surface area contributed by atoms with Crippen molar-refractivity contribution in [2.24, 2.45) is 0 Å². The fourth-order valence-corrected chi connectivity index (χ4v) is 1.33. The van der Waals surface area contributed by atoms with Crippen molar-refractivity contribution in [3.8, 4) is 0 Å². The molecular weight excluding hydrogens is 210 g/mol. The van der Waals surface area contributed by atoms with Crippen LogP contribution < -0.4 is 0 Å². The maximum atomic E-state index is 10.9. The number of esters is 2. The Bertz CT molecular complexity index is 218. The van der Waals surface area contributed by atoms with Crippen LogP contribution in [0.1, 0.15) is 26.2 Å². The number of hydrogen-bond acceptors (Lipinski definition) is 5. The van der Waals surface area contributed by atoms with Crippen molar-refractivity contribution in [1.82, 2.24) is 4.90 Å². The van der Waals surface area contributed by atoms with Gasteiger partial charge in [-0.1, -0.05) is 6.92 Å². The molecule has 5 heteroatoms. The van der Waals surface area contributed by atoms with Crippen molar-refractivity contribution in [3.63, 3.8) is 0 Å². The summed E-state index contributed by atoms with van der Waals surface area (Å²) in [6, 6.07) is 0. The largest absolute Gasteiger partial charge is 0.469 e. The third-order valence-electron chi connectivity index (χ3n) is 2.39. The number of methoxy groups -OCH3 is 2. The van der Waals surface area contributed by atoms with Crippen LogP contribution in [0.5, 0.6) is 0 Å². The number of carbonyl (C=O) groups excluding carboxylic acids is 2. The van der Waals surface area contributed by atoms with Gasteiger partial charge >= 0.3 is 11.9 Å². The van der Waals surface area contributed by atoms with E-state index in [2.05, 4.69) is 14.4 Å². The van der Waals surface area contributed by atoms with Crippen molar-refractivity contribution in [1.29, 1.82) is 0 Å². The number of rotatable bonds is 8. The molecule has 0 heterocycles. The molecule has 0 aromatic rings. The molecule has 0 amide bonds. The highest BCUT2D eigenvalue weighted by Gasteiger charge is 2.07.